The topological polar surface area (TPSA) is 12.0 Å². The van der Waals surface area contributed by atoms with Crippen molar-refractivity contribution in [3.05, 3.63) is 157 Å². The highest BCUT2D eigenvalue weighted by Gasteiger charge is 2.37. The van der Waals surface area contributed by atoms with E-state index in [2.05, 4.69) is 165 Å². The molecule has 1 heteroatoms. The first-order chi connectivity index (χ1) is 20.6. The number of rotatable bonds is 4. The molecule has 0 fully saturated rings. The van der Waals surface area contributed by atoms with E-state index in [1.165, 1.54) is 66.1 Å². The van der Waals surface area contributed by atoms with Crippen molar-refractivity contribution in [2.45, 2.75) is 19.3 Å². The van der Waals surface area contributed by atoms with E-state index in [4.69, 9.17) is 0 Å². The number of hydrogen-bond acceptors (Lipinski definition) is 1. The summed E-state index contributed by atoms with van der Waals surface area (Å²) in [5.41, 5.74) is 12.7. The van der Waals surface area contributed by atoms with Gasteiger partial charge in [-0.05, 0) is 96.4 Å². The molecular formula is C41H31N. The first-order valence-corrected chi connectivity index (χ1v) is 14.7. The molecule has 1 nitrogen and oxygen atoms in total. The van der Waals surface area contributed by atoms with Gasteiger partial charge in [-0.15, -0.1) is 0 Å². The van der Waals surface area contributed by atoms with Crippen molar-refractivity contribution in [3.8, 4) is 33.4 Å². The van der Waals surface area contributed by atoms with Crippen molar-refractivity contribution in [1.29, 1.82) is 0 Å². The minimum atomic E-state index is -0.0278. The van der Waals surface area contributed by atoms with Gasteiger partial charge in [0.15, 0.2) is 0 Å². The lowest BCUT2D eigenvalue weighted by atomic mass is 9.79. The molecule has 0 heterocycles. The second-order valence-corrected chi connectivity index (χ2v) is 11.9. The van der Waals surface area contributed by atoms with Crippen molar-refractivity contribution >= 4 is 32.9 Å². The molecule has 1 aliphatic rings. The van der Waals surface area contributed by atoms with Gasteiger partial charge < -0.3 is 5.32 Å². The minimum Gasteiger partial charge on any atom is -0.356 e. The zero-order valence-corrected chi connectivity index (χ0v) is 23.9. The van der Waals surface area contributed by atoms with Crippen molar-refractivity contribution in [3.63, 3.8) is 0 Å². The molecule has 0 saturated carbocycles. The van der Waals surface area contributed by atoms with Crippen molar-refractivity contribution in [2.75, 3.05) is 5.32 Å². The van der Waals surface area contributed by atoms with Crippen LogP contribution in [0.5, 0.6) is 0 Å². The van der Waals surface area contributed by atoms with Gasteiger partial charge >= 0.3 is 0 Å². The van der Waals surface area contributed by atoms with Crippen molar-refractivity contribution in [1.82, 2.24) is 0 Å². The second kappa shape index (κ2) is 9.46. The number of hydrogen-bond donors (Lipinski definition) is 1. The maximum Gasteiger partial charge on any atom is 0.0384 e. The van der Waals surface area contributed by atoms with Crippen LogP contribution in [0.2, 0.25) is 0 Å². The van der Waals surface area contributed by atoms with Crippen LogP contribution in [-0.4, -0.2) is 0 Å². The molecule has 7 aromatic rings. The number of fused-ring (bicyclic) bond motifs is 6. The zero-order chi connectivity index (χ0) is 28.3. The summed E-state index contributed by atoms with van der Waals surface area (Å²) in [6.07, 6.45) is 0. The SMILES string of the molecule is CC1(C)c2ccccc2-c2cccc(-c3ccc(Nc4ccc(-c5ccc6c(ccc7ccccc76)c5)cc4)cc3)c21. The Balaban J connectivity index is 1.04. The van der Waals surface area contributed by atoms with E-state index >= 15 is 0 Å². The van der Waals surface area contributed by atoms with E-state index in [1.54, 1.807) is 0 Å². The average molecular weight is 538 g/mol. The molecule has 0 atom stereocenters. The first-order valence-electron chi connectivity index (χ1n) is 14.7. The summed E-state index contributed by atoms with van der Waals surface area (Å²) in [7, 11) is 0. The summed E-state index contributed by atoms with van der Waals surface area (Å²) in [6.45, 7) is 4.70. The molecule has 0 saturated heterocycles. The van der Waals surface area contributed by atoms with Gasteiger partial charge in [-0.3, -0.25) is 0 Å². The van der Waals surface area contributed by atoms with Gasteiger partial charge in [0.1, 0.15) is 0 Å². The highest BCUT2D eigenvalue weighted by atomic mass is 14.9. The maximum absolute atomic E-state index is 3.59. The van der Waals surface area contributed by atoms with Crippen LogP contribution in [0, 0.1) is 0 Å². The van der Waals surface area contributed by atoms with Gasteiger partial charge in [0.2, 0.25) is 0 Å². The Bertz CT molecular complexity index is 2120. The van der Waals surface area contributed by atoms with Crippen LogP contribution in [0.25, 0.3) is 54.9 Å². The van der Waals surface area contributed by atoms with E-state index in [0.29, 0.717) is 0 Å². The molecule has 1 N–H and O–H groups in total. The number of benzene rings is 7. The first kappa shape index (κ1) is 24.6. The molecule has 0 aliphatic heterocycles. The molecule has 0 unspecified atom stereocenters. The monoisotopic (exact) mass is 537 g/mol. The smallest absolute Gasteiger partial charge is 0.0384 e. The summed E-state index contributed by atoms with van der Waals surface area (Å²) in [5, 5.41) is 8.74. The van der Waals surface area contributed by atoms with Crippen LogP contribution in [-0.2, 0) is 5.41 Å². The highest BCUT2D eigenvalue weighted by molar-refractivity contribution is 6.08. The molecule has 42 heavy (non-hydrogen) atoms. The summed E-state index contributed by atoms with van der Waals surface area (Å²) >= 11 is 0. The van der Waals surface area contributed by atoms with E-state index < -0.39 is 0 Å². The summed E-state index contributed by atoms with van der Waals surface area (Å²) < 4.78 is 0. The Labute approximate surface area is 247 Å². The fraction of sp³-hybridized carbons (Fsp3) is 0.0732. The Morgan fingerprint density at radius 1 is 0.429 bits per heavy atom. The lowest BCUT2D eigenvalue weighted by Gasteiger charge is -2.24. The molecule has 0 aromatic heterocycles. The molecule has 1 aliphatic carbocycles. The average Bonchev–Trinajstić information content (AvgIpc) is 3.28. The lowest BCUT2D eigenvalue weighted by molar-refractivity contribution is 0.662. The largest absolute Gasteiger partial charge is 0.356 e. The molecule has 0 spiro atoms. The third-order valence-corrected chi connectivity index (χ3v) is 9.03. The van der Waals surface area contributed by atoms with E-state index in [1.807, 2.05) is 0 Å². The Hall–Kier alpha value is -5.14. The van der Waals surface area contributed by atoms with Crippen LogP contribution in [0.3, 0.4) is 0 Å². The third kappa shape index (κ3) is 3.93. The fourth-order valence-electron chi connectivity index (χ4n) is 6.93. The van der Waals surface area contributed by atoms with Gasteiger partial charge in [-0.25, -0.2) is 0 Å². The van der Waals surface area contributed by atoms with Crippen molar-refractivity contribution < 1.29 is 0 Å². The zero-order valence-electron chi connectivity index (χ0n) is 23.9. The van der Waals surface area contributed by atoms with Crippen LogP contribution >= 0.6 is 0 Å². The van der Waals surface area contributed by atoms with E-state index in [-0.39, 0.29) is 5.41 Å². The molecule has 0 amide bonds. The van der Waals surface area contributed by atoms with Gasteiger partial charge in [0.25, 0.3) is 0 Å². The Kier molecular flexibility index (Phi) is 5.55. The number of anilines is 2. The summed E-state index contributed by atoms with van der Waals surface area (Å²) in [4.78, 5) is 0. The summed E-state index contributed by atoms with van der Waals surface area (Å²) in [6, 6.07) is 53.0. The van der Waals surface area contributed by atoms with Crippen LogP contribution < -0.4 is 5.32 Å². The second-order valence-electron chi connectivity index (χ2n) is 11.9. The van der Waals surface area contributed by atoms with Crippen LogP contribution in [0.1, 0.15) is 25.0 Å². The van der Waals surface area contributed by atoms with Crippen LogP contribution in [0.15, 0.2) is 146 Å². The molecule has 200 valence electrons. The van der Waals surface area contributed by atoms with Gasteiger partial charge in [0.05, 0.1) is 0 Å². The molecule has 0 bridgehead atoms. The molecular weight excluding hydrogens is 506 g/mol. The molecule has 7 aromatic carbocycles. The predicted molar refractivity (Wildman–Crippen MR) is 180 cm³/mol. The third-order valence-electron chi connectivity index (χ3n) is 9.03. The van der Waals surface area contributed by atoms with Gasteiger partial charge in [0, 0.05) is 16.8 Å². The van der Waals surface area contributed by atoms with Crippen LogP contribution in [0.4, 0.5) is 11.4 Å². The molecule has 0 radical (unpaired) electrons. The number of nitrogens with one attached hydrogen (secondary N) is 1. The quantitative estimate of drug-likeness (QED) is 0.220. The Morgan fingerprint density at radius 2 is 1.02 bits per heavy atom. The molecule has 8 rings (SSSR count). The minimum absolute atomic E-state index is 0.0278. The van der Waals surface area contributed by atoms with Crippen molar-refractivity contribution in [2.24, 2.45) is 0 Å². The van der Waals surface area contributed by atoms with Gasteiger partial charge in [-0.1, -0.05) is 129 Å². The normalized spacial score (nSPS) is 13.2. The maximum atomic E-state index is 3.59. The predicted octanol–water partition coefficient (Wildman–Crippen LogP) is 11.4. The lowest BCUT2D eigenvalue weighted by Crippen LogP contribution is -2.16. The van der Waals surface area contributed by atoms with E-state index in [9.17, 15) is 0 Å². The fourth-order valence-corrected chi connectivity index (χ4v) is 6.93. The van der Waals surface area contributed by atoms with E-state index in [0.717, 1.165) is 11.4 Å². The van der Waals surface area contributed by atoms with Gasteiger partial charge in [-0.2, -0.15) is 0 Å². The standard InChI is InChI=1S/C41H31N/c1-41(2)39-13-6-5-10-37(39)38-12-7-11-36(40(38)41)29-18-23-33(24-19-29)42-32-21-16-27(17-22-32)30-20-25-35-31(26-30)15-14-28-8-3-4-9-34(28)35/h3-26,42H,1-2H3. The Morgan fingerprint density at radius 3 is 1.83 bits per heavy atom. The summed E-state index contributed by atoms with van der Waals surface area (Å²) in [5.74, 6) is 0. The highest BCUT2D eigenvalue weighted by Crippen LogP contribution is 2.52.